The van der Waals surface area contributed by atoms with E-state index in [1.807, 2.05) is 30.3 Å². The predicted molar refractivity (Wildman–Crippen MR) is 109 cm³/mol. The van der Waals surface area contributed by atoms with Crippen LogP contribution in [0.4, 0.5) is 0 Å². The first-order valence-electron chi connectivity index (χ1n) is 9.04. The molecule has 2 aromatic rings. The molecule has 12 heteroatoms. The summed E-state index contributed by atoms with van der Waals surface area (Å²) in [6, 6.07) is 8.51. The average molecular weight is 447 g/mol. The van der Waals surface area contributed by atoms with Gasteiger partial charge in [-0.1, -0.05) is 42.1 Å². The van der Waals surface area contributed by atoms with Crippen LogP contribution in [0.3, 0.4) is 0 Å². The molecule has 2 aliphatic heterocycles. The van der Waals surface area contributed by atoms with Gasteiger partial charge in [0.05, 0.1) is 6.42 Å². The highest BCUT2D eigenvalue weighted by Crippen LogP contribution is 2.41. The molecular formula is C18H18N6O4S2. The number of hydrogen-bond donors (Lipinski definition) is 2. The molecule has 2 aliphatic rings. The van der Waals surface area contributed by atoms with Gasteiger partial charge in [0.1, 0.15) is 17.1 Å². The molecule has 10 nitrogen and oxygen atoms in total. The molecule has 2 N–H and O–H groups in total. The molecule has 4 rings (SSSR count). The maximum atomic E-state index is 12.7. The van der Waals surface area contributed by atoms with Gasteiger partial charge in [-0.25, -0.2) is 9.48 Å². The van der Waals surface area contributed by atoms with Crippen molar-refractivity contribution in [3.63, 3.8) is 0 Å². The van der Waals surface area contributed by atoms with E-state index in [4.69, 9.17) is 0 Å². The molecule has 1 aromatic carbocycles. The molecule has 1 saturated heterocycles. The predicted octanol–water partition coefficient (Wildman–Crippen LogP) is 0.284. The molecule has 0 radical (unpaired) electrons. The Hall–Kier alpha value is -2.86. The summed E-state index contributed by atoms with van der Waals surface area (Å²) in [4.78, 5) is 38.2. The zero-order valence-electron chi connectivity index (χ0n) is 15.9. The smallest absolute Gasteiger partial charge is 0.352 e. The number of amides is 2. The van der Waals surface area contributed by atoms with Crippen LogP contribution in [0.15, 0.2) is 46.8 Å². The minimum absolute atomic E-state index is 0.0139. The van der Waals surface area contributed by atoms with Crippen molar-refractivity contribution in [1.29, 1.82) is 0 Å². The minimum atomic E-state index is -1.16. The van der Waals surface area contributed by atoms with Gasteiger partial charge in [-0.3, -0.25) is 14.5 Å². The first kappa shape index (κ1) is 20.4. The molecule has 2 atom stereocenters. The van der Waals surface area contributed by atoms with Gasteiger partial charge < -0.3 is 10.4 Å². The van der Waals surface area contributed by atoms with Crippen molar-refractivity contribution >= 4 is 41.3 Å². The fraction of sp³-hybridized carbons (Fsp3) is 0.333. The van der Waals surface area contributed by atoms with Crippen LogP contribution in [-0.2, 0) is 27.9 Å². The summed E-state index contributed by atoms with van der Waals surface area (Å²) in [5.41, 5.74) is 1.46. The molecular weight excluding hydrogens is 428 g/mol. The summed E-state index contributed by atoms with van der Waals surface area (Å²) < 4.78 is 1.50. The number of carboxylic acid groups (broad SMARTS) is 1. The monoisotopic (exact) mass is 446 g/mol. The molecule has 0 bridgehead atoms. The van der Waals surface area contributed by atoms with Crippen LogP contribution in [0.1, 0.15) is 5.56 Å². The first-order chi connectivity index (χ1) is 14.5. The van der Waals surface area contributed by atoms with E-state index in [1.165, 1.54) is 33.1 Å². The Bertz CT molecular complexity index is 1020. The highest BCUT2D eigenvalue weighted by molar-refractivity contribution is 8.01. The highest BCUT2D eigenvalue weighted by atomic mass is 32.2. The Morgan fingerprint density at radius 2 is 2.10 bits per heavy atom. The maximum Gasteiger partial charge on any atom is 0.352 e. The fourth-order valence-corrected chi connectivity index (χ4v) is 5.63. The lowest BCUT2D eigenvalue weighted by Gasteiger charge is -2.49. The fourth-order valence-electron chi connectivity index (χ4n) is 3.30. The summed E-state index contributed by atoms with van der Waals surface area (Å²) in [6.45, 7) is 0. The molecule has 0 saturated carbocycles. The van der Waals surface area contributed by atoms with Crippen LogP contribution in [0.25, 0.3) is 0 Å². The molecule has 3 heterocycles. The average Bonchev–Trinajstić information content (AvgIpc) is 3.15. The van der Waals surface area contributed by atoms with E-state index in [-0.39, 0.29) is 18.0 Å². The molecule has 1 unspecified atom stereocenters. The number of β-lactam (4-membered cyclic amide) rings is 1. The number of tetrazole rings is 1. The molecule has 2 amide bonds. The zero-order valence-corrected chi connectivity index (χ0v) is 17.5. The van der Waals surface area contributed by atoms with Crippen LogP contribution < -0.4 is 5.32 Å². The van der Waals surface area contributed by atoms with E-state index in [0.717, 1.165) is 5.56 Å². The lowest BCUT2D eigenvalue weighted by Crippen LogP contribution is -2.70. The number of nitrogens with one attached hydrogen (secondary N) is 1. The van der Waals surface area contributed by atoms with Gasteiger partial charge >= 0.3 is 5.97 Å². The van der Waals surface area contributed by atoms with E-state index >= 15 is 0 Å². The molecule has 30 heavy (non-hydrogen) atoms. The molecule has 1 aromatic heterocycles. The highest BCUT2D eigenvalue weighted by Gasteiger charge is 2.54. The van der Waals surface area contributed by atoms with Crippen molar-refractivity contribution in [3.05, 3.63) is 47.2 Å². The summed E-state index contributed by atoms with van der Waals surface area (Å²) in [5, 5.41) is 23.8. The van der Waals surface area contributed by atoms with Crippen molar-refractivity contribution in [2.24, 2.45) is 7.05 Å². The third-order valence-corrected chi connectivity index (χ3v) is 7.17. The summed E-state index contributed by atoms with van der Waals surface area (Å²) in [6.07, 6.45) is 0.164. The second-order valence-electron chi connectivity index (χ2n) is 6.75. The SMILES string of the molecule is Cn1nnnc1SCC1=C(C(=O)O)N2C(=O)C(NC(=O)Cc3ccccc3)[C@H]2SC1. The Balaban J connectivity index is 1.44. The second-order valence-corrected chi connectivity index (χ2v) is 8.80. The number of aromatic nitrogens is 4. The van der Waals surface area contributed by atoms with E-state index in [0.29, 0.717) is 22.2 Å². The molecule has 0 aliphatic carbocycles. The number of carboxylic acids is 1. The number of carbonyl (C=O) groups excluding carboxylic acids is 2. The van der Waals surface area contributed by atoms with Gasteiger partial charge in [-0.15, -0.1) is 16.9 Å². The standard InChI is InChI=1S/C18H18N6O4S2/c1-23-18(20-21-22-23)30-9-11-8-29-16-13(15(26)24(16)14(11)17(27)28)19-12(25)7-10-5-3-2-4-6-10/h2-6,13,16H,7-9H2,1H3,(H,19,25)(H,27,28)/t13?,16-/m1/s1. The largest absolute Gasteiger partial charge is 0.477 e. The topological polar surface area (TPSA) is 130 Å². The third kappa shape index (κ3) is 3.92. The number of fused-ring (bicyclic) bond motifs is 1. The van der Waals surface area contributed by atoms with Crippen LogP contribution in [0.5, 0.6) is 0 Å². The zero-order chi connectivity index (χ0) is 21.3. The minimum Gasteiger partial charge on any atom is -0.477 e. The van der Waals surface area contributed by atoms with Crippen molar-refractivity contribution in [1.82, 2.24) is 30.4 Å². The molecule has 156 valence electrons. The number of aliphatic carboxylic acids is 1. The molecule has 1 fully saturated rings. The Kier molecular flexibility index (Phi) is 5.77. The number of benzene rings is 1. The Morgan fingerprint density at radius 3 is 2.77 bits per heavy atom. The van der Waals surface area contributed by atoms with Crippen molar-refractivity contribution < 1.29 is 19.5 Å². The van der Waals surface area contributed by atoms with Gasteiger partial charge in [0.2, 0.25) is 11.1 Å². The first-order valence-corrected chi connectivity index (χ1v) is 11.1. The number of aryl methyl sites for hydroxylation is 1. The Labute approximate surface area is 180 Å². The van der Waals surface area contributed by atoms with E-state index < -0.39 is 23.3 Å². The van der Waals surface area contributed by atoms with Gasteiger partial charge in [0, 0.05) is 18.6 Å². The second kappa shape index (κ2) is 8.48. The van der Waals surface area contributed by atoms with Crippen LogP contribution in [0.2, 0.25) is 0 Å². The van der Waals surface area contributed by atoms with Crippen molar-refractivity contribution in [2.75, 3.05) is 11.5 Å². The van der Waals surface area contributed by atoms with Gasteiger partial charge in [0.15, 0.2) is 0 Å². The number of rotatable bonds is 7. The number of thioether (sulfide) groups is 2. The quantitative estimate of drug-likeness (QED) is 0.455. The number of hydrogen-bond acceptors (Lipinski definition) is 8. The van der Waals surface area contributed by atoms with Crippen LogP contribution in [-0.4, -0.2) is 70.9 Å². The van der Waals surface area contributed by atoms with Gasteiger partial charge in [-0.05, 0) is 21.6 Å². The van der Waals surface area contributed by atoms with Gasteiger partial charge in [0.25, 0.3) is 5.91 Å². The Morgan fingerprint density at radius 1 is 1.33 bits per heavy atom. The summed E-state index contributed by atoms with van der Waals surface area (Å²) in [7, 11) is 1.70. The lowest BCUT2D eigenvalue weighted by atomic mass is 10.0. The number of nitrogens with zero attached hydrogens (tertiary/aromatic N) is 5. The molecule has 0 spiro atoms. The third-order valence-electron chi connectivity index (χ3n) is 4.73. The van der Waals surface area contributed by atoms with Crippen LogP contribution in [0, 0.1) is 0 Å². The van der Waals surface area contributed by atoms with E-state index in [9.17, 15) is 19.5 Å². The van der Waals surface area contributed by atoms with Crippen LogP contribution >= 0.6 is 23.5 Å². The summed E-state index contributed by atoms with van der Waals surface area (Å²) >= 11 is 2.75. The number of carbonyl (C=O) groups is 3. The lowest BCUT2D eigenvalue weighted by molar-refractivity contribution is -0.150. The van der Waals surface area contributed by atoms with Gasteiger partial charge in [-0.2, -0.15) is 0 Å². The van der Waals surface area contributed by atoms with E-state index in [1.54, 1.807) is 7.05 Å². The van der Waals surface area contributed by atoms with E-state index in [2.05, 4.69) is 20.8 Å². The normalized spacial score (nSPS) is 20.6. The summed E-state index contributed by atoms with van der Waals surface area (Å²) in [5.74, 6) is -1.04. The van der Waals surface area contributed by atoms with Crippen molar-refractivity contribution in [3.8, 4) is 0 Å². The maximum absolute atomic E-state index is 12.7. The van der Waals surface area contributed by atoms with Crippen molar-refractivity contribution in [2.45, 2.75) is 23.0 Å².